The Labute approximate surface area is 204 Å². The van der Waals surface area contributed by atoms with Gasteiger partial charge in [-0.2, -0.15) is 0 Å². The van der Waals surface area contributed by atoms with Crippen LogP contribution in [0.25, 0.3) is 0 Å². The van der Waals surface area contributed by atoms with Crippen molar-refractivity contribution < 1.29 is 14.3 Å². The Kier molecular flexibility index (Phi) is 6.90. The molecule has 0 bridgehead atoms. The van der Waals surface area contributed by atoms with Crippen LogP contribution in [0.15, 0.2) is 41.8 Å². The molecular weight excluding hydrogens is 493 g/mol. The van der Waals surface area contributed by atoms with Crippen LogP contribution < -0.4 is 9.64 Å². The van der Waals surface area contributed by atoms with Crippen LogP contribution in [0.4, 0.5) is 10.8 Å². The quantitative estimate of drug-likeness (QED) is 0.402. The maximum absolute atomic E-state index is 13.6. The maximum Gasteiger partial charge on any atom is 0.273 e. The second kappa shape index (κ2) is 9.67. The fourth-order valence-electron chi connectivity index (χ4n) is 3.43. The van der Waals surface area contributed by atoms with Gasteiger partial charge in [-0.1, -0.05) is 34.8 Å². The van der Waals surface area contributed by atoms with Crippen molar-refractivity contribution in [2.75, 3.05) is 25.1 Å². The molecule has 2 amide bonds. The summed E-state index contributed by atoms with van der Waals surface area (Å²) in [6, 6.07) is 9.58. The van der Waals surface area contributed by atoms with E-state index in [1.54, 1.807) is 40.6 Å². The van der Waals surface area contributed by atoms with E-state index in [2.05, 4.69) is 4.98 Å². The van der Waals surface area contributed by atoms with Crippen LogP contribution in [0.3, 0.4) is 0 Å². The number of likely N-dealkylation sites (tertiary alicyclic amines) is 1. The molecule has 4 rings (SSSR count). The Morgan fingerprint density at radius 3 is 2.50 bits per heavy atom. The summed E-state index contributed by atoms with van der Waals surface area (Å²) in [5.41, 5.74) is 1.01. The Hall–Kier alpha value is -2.32. The third-order valence-corrected chi connectivity index (χ3v) is 6.74. The smallest absolute Gasteiger partial charge is 0.273 e. The Morgan fingerprint density at radius 1 is 1.06 bits per heavy atom. The van der Waals surface area contributed by atoms with Crippen LogP contribution in [0.2, 0.25) is 15.1 Å². The monoisotopic (exact) mass is 509 g/mol. The first-order chi connectivity index (χ1) is 15.4. The van der Waals surface area contributed by atoms with Crippen LogP contribution in [0, 0.1) is 0 Å². The van der Waals surface area contributed by atoms with Crippen molar-refractivity contribution in [3.63, 3.8) is 0 Å². The van der Waals surface area contributed by atoms with E-state index in [-0.39, 0.29) is 16.5 Å². The number of thiazole rings is 1. The molecule has 0 N–H and O–H groups in total. The number of ether oxygens (including phenoxy) is 1. The molecule has 3 aromatic rings. The summed E-state index contributed by atoms with van der Waals surface area (Å²) < 4.78 is 5.32. The predicted octanol–water partition coefficient (Wildman–Crippen LogP) is 6.33. The van der Waals surface area contributed by atoms with Gasteiger partial charge in [0.2, 0.25) is 0 Å². The number of methoxy groups -OCH3 is 1. The Bertz CT molecular complexity index is 1180. The molecule has 0 spiro atoms. The van der Waals surface area contributed by atoms with Gasteiger partial charge in [-0.25, -0.2) is 4.98 Å². The van der Waals surface area contributed by atoms with Gasteiger partial charge in [0, 0.05) is 29.6 Å². The average molecular weight is 511 g/mol. The second-order valence-electron chi connectivity index (χ2n) is 7.10. The third kappa shape index (κ3) is 4.57. The molecule has 2 aromatic carbocycles. The number of hydrogen-bond donors (Lipinski definition) is 0. The topological polar surface area (TPSA) is 62.7 Å². The normalized spacial score (nSPS) is 13.3. The van der Waals surface area contributed by atoms with Crippen molar-refractivity contribution in [3.05, 3.63) is 68.1 Å². The summed E-state index contributed by atoms with van der Waals surface area (Å²) in [6.45, 7) is 1.42. The number of anilines is 2. The van der Waals surface area contributed by atoms with Gasteiger partial charge in [0.1, 0.15) is 11.4 Å². The number of halogens is 3. The van der Waals surface area contributed by atoms with Crippen LogP contribution in [0.5, 0.6) is 5.75 Å². The van der Waals surface area contributed by atoms with E-state index in [9.17, 15) is 9.59 Å². The first-order valence-electron chi connectivity index (χ1n) is 9.77. The highest BCUT2D eigenvalue weighted by molar-refractivity contribution is 7.14. The highest BCUT2D eigenvalue weighted by Gasteiger charge is 2.28. The zero-order valence-corrected chi connectivity index (χ0v) is 20.1. The summed E-state index contributed by atoms with van der Waals surface area (Å²) in [6.07, 6.45) is 1.96. The van der Waals surface area contributed by atoms with Gasteiger partial charge >= 0.3 is 0 Å². The van der Waals surface area contributed by atoms with Gasteiger partial charge < -0.3 is 9.64 Å². The van der Waals surface area contributed by atoms with Gasteiger partial charge in [-0.15, -0.1) is 11.3 Å². The van der Waals surface area contributed by atoms with Gasteiger partial charge in [-0.05, 0) is 43.2 Å². The van der Waals surface area contributed by atoms with Gasteiger partial charge in [-0.3, -0.25) is 14.5 Å². The number of aromatic nitrogens is 1. The van der Waals surface area contributed by atoms with E-state index in [0.717, 1.165) is 12.8 Å². The van der Waals surface area contributed by atoms with Crippen LogP contribution >= 0.6 is 46.1 Å². The van der Waals surface area contributed by atoms with Gasteiger partial charge in [0.05, 0.1) is 28.4 Å². The van der Waals surface area contributed by atoms with Crippen molar-refractivity contribution in [1.29, 1.82) is 0 Å². The molecule has 32 heavy (non-hydrogen) atoms. The maximum atomic E-state index is 13.6. The van der Waals surface area contributed by atoms with Crippen LogP contribution in [-0.2, 0) is 0 Å². The summed E-state index contributed by atoms with van der Waals surface area (Å²) in [4.78, 5) is 34.0. The van der Waals surface area contributed by atoms with E-state index < -0.39 is 5.91 Å². The number of amides is 2. The zero-order valence-electron chi connectivity index (χ0n) is 17.0. The largest absolute Gasteiger partial charge is 0.495 e. The molecule has 0 atom stereocenters. The molecule has 2 heterocycles. The van der Waals surface area contributed by atoms with Gasteiger partial charge in [0.25, 0.3) is 11.8 Å². The number of hydrogen-bond acceptors (Lipinski definition) is 5. The van der Waals surface area contributed by atoms with Crippen molar-refractivity contribution >= 4 is 68.8 Å². The number of benzene rings is 2. The zero-order chi connectivity index (χ0) is 22.8. The van der Waals surface area contributed by atoms with Crippen molar-refractivity contribution in [2.24, 2.45) is 0 Å². The lowest BCUT2D eigenvalue weighted by molar-refractivity contribution is 0.0787. The van der Waals surface area contributed by atoms with Crippen molar-refractivity contribution in [3.8, 4) is 5.75 Å². The molecule has 1 fully saturated rings. The molecule has 0 saturated carbocycles. The number of carbonyl (C=O) groups is 2. The highest BCUT2D eigenvalue weighted by atomic mass is 35.5. The molecule has 166 valence electrons. The van der Waals surface area contributed by atoms with Gasteiger partial charge in [0.15, 0.2) is 5.13 Å². The number of carbonyl (C=O) groups excluding carboxylic acids is 2. The first kappa shape index (κ1) is 22.9. The highest BCUT2D eigenvalue weighted by Crippen LogP contribution is 2.37. The van der Waals surface area contributed by atoms with E-state index in [1.807, 2.05) is 0 Å². The van der Waals surface area contributed by atoms with Crippen molar-refractivity contribution in [2.45, 2.75) is 12.8 Å². The molecule has 1 aliphatic rings. The molecule has 6 nitrogen and oxygen atoms in total. The van der Waals surface area contributed by atoms with Crippen LogP contribution in [-0.4, -0.2) is 41.9 Å². The summed E-state index contributed by atoms with van der Waals surface area (Å²) >= 11 is 19.7. The van der Waals surface area contributed by atoms with Crippen molar-refractivity contribution in [1.82, 2.24) is 9.88 Å². The fraction of sp³-hybridized carbons (Fsp3) is 0.227. The SMILES string of the molecule is COc1cc(N(C(=O)c2ccc(Cl)cc2Cl)c2nc(C(=O)N3CCCC3)cs2)ccc1Cl. The van der Waals surface area contributed by atoms with E-state index in [4.69, 9.17) is 39.5 Å². The standard InChI is InChI=1S/C22H18Cl3N3O3S/c1-31-19-11-14(5-7-16(19)24)28(20(29)15-6-4-13(23)10-17(15)25)22-26-18(12-32-22)21(30)27-8-2-3-9-27/h4-7,10-12H,2-3,8-9H2,1H3. The molecule has 0 aliphatic carbocycles. The lowest BCUT2D eigenvalue weighted by Gasteiger charge is -2.21. The third-order valence-electron chi connectivity index (χ3n) is 5.05. The minimum Gasteiger partial charge on any atom is -0.495 e. The summed E-state index contributed by atoms with van der Waals surface area (Å²) in [5.74, 6) is -0.171. The first-order valence-corrected chi connectivity index (χ1v) is 11.8. The molecule has 0 radical (unpaired) electrons. The number of rotatable bonds is 5. The van der Waals surface area contributed by atoms with E-state index in [0.29, 0.717) is 45.4 Å². The molecule has 1 saturated heterocycles. The molecule has 0 unspecified atom stereocenters. The number of nitrogens with zero attached hydrogens (tertiary/aromatic N) is 3. The summed E-state index contributed by atoms with van der Waals surface area (Å²) in [5, 5.41) is 3.01. The lowest BCUT2D eigenvalue weighted by Crippen LogP contribution is -2.29. The predicted molar refractivity (Wildman–Crippen MR) is 128 cm³/mol. The molecule has 10 heteroatoms. The van der Waals surface area contributed by atoms with E-state index >= 15 is 0 Å². The Morgan fingerprint density at radius 2 is 1.81 bits per heavy atom. The molecular formula is C22H18Cl3N3O3S. The van der Waals surface area contributed by atoms with E-state index in [1.165, 1.54) is 29.4 Å². The minimum absolute atomic E-state index is 0.143. The van der Waals surface area contributed by atoms with Crippen LogP contribution in [0.1, 0.15) is 33.7 Å². The minimum atomic E-state index is -0.425. The molecule has 1 aliphatic heterocycles. The fourth-order valence-corrected chi connectivity index (χ4v) is 4.93. The average Bonchev–Trinajstić information content (AvgIpc) is 3.47. The lowest BCUT2D eigenvalue weighted by atomic mass is 10.2. The summed E-state index contributed by atoms with van der Waals surface area (Å²) in [7, 11) is 1.49. The molecule has 1 aromatic heterocycles. The second-order valence-corrected chi connectivity index (χ2v) is 9.19. The Balaban J connectivity index is 1.77.